The fraction of sp³-hybridized carbons (Fsp3) is 0.280. The molecule has 158 valence electrons. The van der Waals surface area contributed by atoms with E-state index in [4.69, 9.17) is 16.6 Å². The Kier molecular flexibility index (Phi) is 4.94. The predicted octanol–water partition coefficient (Wildman–Crippen LogP) is 6.33. The third-order valence-corrected chi connectivity index (χ3v) is 6.42. The summed E-state index contributed by atoms with van der Waals surface area (Å²) in [7, 11) is 0. The molecule has 0 fully saturated rings. The highest BCUT2D eigenvalue weighted by Gasteiger charge is 2.33. The van der Waals surface area contributed by atoms with Crippen LogP contribution in [0.3, 0.4) is 0 Å². The Morgan fingerprint density at radius 2 is 1.94 bits per heavy atom. The minimum absolute atomic E-state index is 0.0963. The second kappa shape index (κ2) is 7.65. The maximum atomic E-state index is 14.2. The minimum Gasteiger partial charge on any atom is -0.356 e. The van der Waals surface area contributed by atoms with Crippen LogP contribution in [-0.2, 0) is 6.42 Å². The molecule has 4 aromatic rings. The number of hydrogen-bond donors (Lipinski definition) is 1. The SMILES string of the molecule is Cc1ccnc(N2CCc3c([nH]c4cc(F)c(Cl)cc34)C2c2ccc(C(C)C)cc2)n1. The number of nitrogens with zero attached hydrogens (tertiary/aromatic N) is 3. The molecular weight excluding hydrogens is 411 g/mol. The summed E-state index contributed by atoms with van der Waals surface area (Å²) < 4.78 is 14.2. The summed E-state index contributed by atoms with van der Waals surface area (Å²) in [4.78, 5) is 15.0. The van der Waals surface area contributed by atoms with Crippen molar-refractivity contribution in [3.63, 3.8) is 0 Å². The van der Waals surface area contributed by atoms with Crippen LogP contribution < -0.4 is 4.90 Å². The van der Waals surface area contributed by atoms with Gasteiger partial charge in [-0.15, -0.1) is 0 Å². The predicted molar refractivity (Wildman–Crippen MR) is 123 cm³/mol. The molecule has 4 nitrogen and oxygen atoms in total. The molecule has 0 saturated carbocycles. The first-order valence-corrected chi connectivity index (χ1v) is 11.0. The second-order valence-corrected chi connectivity index (χ2v) is 8.90. The van der Waals surface area contributed by atoms with E-state index in [0.717, 1.165) is 40.8 Å². The standard InChI is InChI=1S/C25H24ClFN4/c1-14(2)16-4-6-17(7-5-16)24-23-18(19-12-20(26)21(27)13-22(19)30-23)9-11-31(24)25-28-10-8-15(3)29-25/h4-8,10,12-14,24,30H,9,11H2,1-3H3. The molecule has 3 heterocycles. The molecule has 0 saturated heterocycles. The van der Waals surface area contributed by atoms with Crippen molar-refractivity contribution in [1.82, 2.24) is 15.0 Å². The normalized spacial score (nSPS) is 16.2. The Balaban J connectivity index is 1.70. The van der Waals surface area contributed by atoms with Crippen LogP contribution in [0.5, 0.6) is 0 Å². The first-order valence-electron chi connectivity index (χ1n) is 10.6. The number of aromatic nitrogens is 3. The smallest absolute Gasteiger partial charge is 0.226 e. The lowest BCUT2D eigenvalue weighted by Gasteiger charge is -2.36. The van der Waals surface area contributed by atoms with Crippen LogP contribution in [-0.4, -0.2) is 21.5 Å². The molecular formula is C25H24ClFN4. The van der Waals surface area contributed by atoms with Crippen LogP contribution in [0.15, 0.2) is 48.7 Å². The summed E-state index contributed by atoms with van der Waals surface area (Å²) in [6.07, 6.45) is 2.60. The van der Waals surface area contributed by atoms with Gasteiger partial charge < -0.3 is 9.88 Å². The monoisotopic (exact) mass is 434 g/mol. The van der Waals surface area contributed by atoms with E-state index < -0.39 is 5.82 Å². The maximum absolute atomic E-state index is 14.2. The van der Waals surface area contributed by atoms with Crippen molar-refractivity contribution in [2.75, 3.05) is 11.4 Å². The van der Waals surface area contributed by atoms with E-state index in [-0.39, 0.29) is 11.1 Å². The summed E-state index contributed by atoms with van der Waals surface area (Å²) in [6.45, 7) is 7.11. The number of anilines is 1. The number of rotatable bonds is 3. The molecule has 0 spiro atoms. The fourth-order valence-corrected chi connectivity index (χ4v) is 4.65. The van der Waals surface area contributed by atoms with Gasteiger partial charge in [-0.3, -0.25) is 0 Å². The largest absolute Gasteiger partial charge is 0.356 e. The Morgan fingerprint density at radius 3 is 2.65 bits per heavy atom. The Labute approximate surface area is 186 Å². The van der Waals surface area contributed by atoms with Crippen molar-refractivity contribution < 1.29 is 4.39 Å². The summed E-state index contributed by atoms with van der Waals surface area (Å²) in [6, 6.07) is 13.8. The van der Waals surface area contributed by atoms with E-state index in [0.29, 0.717) is 11.9 Å². The number of fused-ring (bicyclic) bond motifs is 3. The van der Waals surface area contributed by atoms with Crippen LogP contribution in [0.2, 0.25) is 5.02 Å². The van der Waals surface area contributed by atoms with E-state index in [1.165, 1.54) is 17.2 Å². The van der Waals surface area contributed by atoms with Crippen LogP contribution in [0.4, 0.5) is 10.3 Å². The lowest BCUT2D eigenvalue weighted by Crippen LogP contribution is -2.37. The number of benzene rings is 2. The molecule has 31 heavy (non-hydrogen) atoms. The molecule has 0 bridgehead atoms. The first-order chi connectivity index (χ1) is 14.9. The molecule has 1 unspecified atom stereocenters. The number of H-pyrrole nitrogens is 1. The Morgan fingerprint density at radius 1 is 1.16 bits per heavy atom. The summed E-state index contributed by atoms with van der Waals surface area (Å²) in [5, 5.41) is 1.13. The molecule has 2 aromatic heterocycles. The average Bonchev–Trinajstić information content (AvgIpc) is 3.10. The number of aromatic amines is 1. The van der Waals surface area contributed by atoms with Gasteiger partial charge in [-0.05, 0) is 54.2 Å². The molecule has 0 radical (unpaired) electrons. The van der Waals surface area contributed by atoms with Crippen molar-refractivity contribution in [2.45, 2.75) is 39.2 Å². The van der Waals surface area contributed by atoms with Crippen LogP contribution in [0, 0.1) is 12.7 Å². The molecule has 0 amide bonds. The van der Waals surface area contributed by atoms with Gasteiger partial charge in [0.15, 0.2) is 0 Å². The summed E-state index contributed by atoms with van der Waals surface area (Å²) in [5.41, 5.74) is 6.36. The van der Waals surface area contributed by atoms with Crippen molar-refractivity contribution >= 4 is 28.5 Å². The van der Waals surface area contributed by atoms with Crippen LogP contribution in [0.1, 0.15) is 53.9 Å². The molecule has 0 aliphatic carbocycles. The molecule has 1 N–H and O–H groups in total. The van der Waals surface area contributed by atoms with Gasteiger partial charge in [-0.25, -0.2) is 14.4 Å². The third-order valence-electron chi connectivity index (χ3n) is 6.13. The first kappa shape index (κ1) is 20.0. The van der Waals surface area contributed by atoms with E-state index in [2.05, 4.69) is 53.0 Å². The zero-order chi connectivity index (χ0) is 21.7. The van der Waals surface area contributed by atoms with Gasteiger partial charge in [0.25, 0.3) is 0 Å². The minimum atomic E-state index is -0.413. The highest BCUT2D eigenvalue weighted by molar-refractivity contribution is 6.31. The third kappa shape index (κ3) is 3.47. The van der Waals surface area contributed by atoms with E-state index in [9.17, 15) is 4.39 Å². The van der Waals surface area contributed by atoms with E-state index in [1.807, 2.05) is 13.0 Å². The van der Waals surface area contributed by atoms with Gasteiger partial charge in [-0.2, -0.15) is 0 Å². The van der Waals surface area contributed by atoms with Crippen molar-refractivity contribution in [3.05, 3.63) is 87.6 Å². The number of hydrogen-bond acceptors (Lipinski definition) is 3. The second-order valence-electron chi connectivity index (χ2n) is 8.49. The van der Waals surface area contributed by atoms with Crippen molar-refractivity contribution in [3.8, 4) is 0 Å². The number of nitrogens with one attached hydrogen (secondary N) is 1. The summed E-state index contributed by atoms with van der Waals surface area (Å²) >= 11 is 6.11. The Bertz CT molecular complexity index is 1260. The Hall–Kier alpha value is -2.92. The zero-order valence-electron chi connectivity index (χ0n) is 17.8. The molecule has 1 aliphatic rings. The van der Waals surface area contributed by atoms with E-state index >= 15 is 0 Å². The highest BCUT2D eigenvalue weighted by atomic mass is 35.5. The summed E-state index contributed by atoms with van der Waals surface area (Å²) in [5.74, 6) is 0.751. The fourth-order valence-electron chi connectivity index (χ4n) is 4.48. The van der Waals surface area contributed by atoms with E-state index in [1.54, 1.807) is 12.3 Å². The molecule has 1 atom stereocenters. The van der Waals surface area contributed by atoms with Crippen LogP contribution >= 0.6 is 11.6 Å². The van der Waals surface area contributed by atoms with Gasteiger partial charge in [0, 0.05) is 35.0 Å². The maximum Gasteiger partial charge on any atom is 0.226 e. The van der Waals surface area contributed by atoms with Crippen molar-refractivity contribution in [2.24, 2.45) is 0 Å². The van der Waals surface area contributed by atoms with Gasteiger partial charge in [0.05, 0.1) is 11.1 Å². The van der Waals surface area contributed by atoms with Gasteiger partial charge in [-0.1, -0.05) is 49.7 Å². The number of halogens is 2. The molecule has 1 aliphatic heterocycles. The lowest BCUT2D eigenvalue weighted by molar-refractivity contribution is 0.624. The lowest BCUT2D eigenvalue weighted by atomic mass is 9.91. The van der Waals surface area contributed by atoms with Gasteiger partial charge in [0.1, 0.15) is 5.82 Å². The van der Waals surface area contributed by atoms with Gasteiger partial charge in [0.2, 0.25) is 5.95 Å². The van der Waals surface area contributed by atoms with Crippen LogP contribution in [0.25, 0.3) is 10.9 Å². The average molecular weight is 435 g/mol. The molecule has 5 rings (SSSR count). The van der Waals surface area contributed by atoms with Gasteiger partial charge >= 0.3 is 0 Å². The molecule has 2 aromatic carbocycles. The highest BCUT2D eigenvalue weighted by Crippen LogP contribution is 2.41. The topological polar surface area (TPSA) is 44.8 Å². The zero-order valence-corrected chi connectivity index (χ0v) is 18.5. The molecule has 6 heteroatoms. The quantitative estimate of drug-likeness (QED) is 0.409. The number of aryl methyl sites for hydroxylation is 1. The van der Waals surface area contributed by atoms with Crippen molar-refractivity contribution in [1.29, 1.82) is 0 Å².